The largest absolute Gasteiger partial charge is 0.466 e. The molecule has 4 atom stereocenters. The van der Waals surface area contributed by atoms with Crippen molar-refractivity contribution in [2.45, 2.75) is 471 Å². The van der Waals surface area contributed by atoms with Crippen LogP contribution in [0, 0.1) is 0 Å². The van der Waals surface area contributed by atoms with Crippen LogP contribution in [0.4, 0.5) is 0 Å². The summed E-state index contributed by atoms with van der Waals surface area (Å²) in [4.78, 5) is 147. The number of rotatable bonds is 79. The Labute approximate surface area is 662 Å². The molecule has 4 amide bonds. The van der Waals surface area contributed by atoms with Crippen LogP contribution in [0.3, 0.4) is 0 Å². The van der Waals surface area contributed by atoms with Gasteiger partial charge in [-0.2, -0.15) is 0 Å². The normalized spacial score (nSPS) is 12.1. The number of Topliss-reactive ketones (excluding diaryl/α,β-unsaturated/α-hetero) is 4. The van der Waals surface area contributed by atoms with E-state index in [1.807, 2.05) is 0 Å². The Balaban J connectivity index is 0. The van der Waals surface area contributed by atoms with Gasteiger partial charge >= 0.3 is 23.9 Å². The molecule has 0 aliphatic rings. The van der Waals surface area contributed by atoms with E-state index < -0.39 is 48.0 Å². The van der Waals surface area contributed by atoms with Crippen molar-refractivity contribution in [1.82, 2.24) is 21.3 Å². The second kappa shape index (κ2) is 79.1. The standard InChI is InChI=1S/C50H92N2O8.C39H70N2O8/c1-5-7-9-11-13-15-17-19-21-23-25-27-29-31-33-35-47(55)51-45(44(4)54)39-40-49(57)59-41-42-60-50(58)46(38-37-43(3)53)52-48(56)36-34-32-30-28-26-24-22-20-18-16-14-12-10-8-6-2;1-5-7-9-11-13-15-17-19-21-24-36(44)40-34(32(3)42)26-28-38(46)48-30-23-31-49-39(47)29-27-35(33(4)43)41-37(45)25-22-20-18-16-14-12-10-8-6-2/h45-46H,5-42H2,1-4H3,(H,51,55)(H,52,56);34-35H,5-31H2,1-4H3,(H,40,44)(H,41,45). The summed E-state index contributed by atoms with van der Waals surface area (Å²) in [5.41, 5.74) is 0. The second-order valence-corrected chi connectivity index (χ2v) is 30.9. The van der Waals surface area contributed by atoms with Crippen molar-refractivity contribution in [3.8, 4) is 0 Å². The molecule has 0 aromatic heterocycles. The molecule has 0 aromatic carbocycles. The van der Waals surface area contributed by atoms with Gasteiger partial charge in [0.15, 0.2) is 17.3 Å². The molecule has 20 heteroatoms. The molecule has 4 N–H and O–H groups in total. The van der Waals surface area contributed by atoms with Crippen LogP contribution in [-0.4, -0.2) is 121 Å². The quantitative estimate of drug-likeness (QED) is 0.0250. The minimum absolute atomic E-state index is 0.0143. The van der Waals surface area contributed by atoms with Crippen LogP contribution in [-0.2, 0) is 76.5 Å². The maximum Gasteiger partial charge on any atom is 0.328 e. The van der Waals surface area contributed by atoms with E-state index in [1.165, 1.54) is 259 Å². The van der Waals surface area contributed by atoms with E-state index >= 15 is 0 Å². The minimum atomic E-state index is -0.956. The maximum atomic E-state index is 12.8. The van der Waals surface area contributed by atoms with Gasteiger partial charge in [0.2, 0.25) is 23.6 Å². The summed E-state index contributed by atoms with van der Waals surface area (Å²) in [6.45, 7) is 14.2. The van der Waals surface area contributed by atoms with Crippen LogP contribution in [0.25, 0.3) is 0 Å². The van der Waals surface area contributed by atoms with Gasteiger partial charge in [0.25, 0.3) is 0 Å². The minimum Gasteiger partial charge on any atom is -0.466 e. The third kappa shape index (κ3) is 74.9. The molecule has 0 radical (unpaired) electrons. The molecule has 0 saturated carbocycles. The molecule has 0 aromatic rings. The molecule has 109 heavy (non-hydrogen) atoms. The number of amides is 4. The molecule has 20 nitrogen and oxygen atoms in total. The average molecular weight is 1540 g/mol. The van der Waals surface area contributed by atoms with E-state index in [-0.39, 0.29) is 125 Å². The highest BCUT2D eigenvalue weighted by atomic mass is 16.6. The molecule has 0 aliphatic carbocycles. The molecule has 0 fully saturated rings. The van der Waals surface area contributed by atoms with Gasteiger partial charge in [-0.15, -0.1) is 0 Å². The van der Waals surface area contributed by atoms with Gasteiger partial charge < -0.3 is 45.0 Å². The first-order chi connectivity index (χ1) is 52.7. The van der Waals surface area contributed by atoms with E-state index in [0.717, 1.165) is 77.0 Å². The number of unbranched alkanes of at least 4 members (excludes halogenated alkanes) is 44. The lowest BCUT2D eigenvalue weighted by Gasteiger charge is -2.18. The number of nitrogens with one attached hydrogen (secondary N) is 4. The lowest BCUT2D eigenvalue weighted by Crippen LogP contribution is -2.42. The van der Waals surface area contributed by atoms with Crippen molar-refractivity contribution >= 4 is 70.6 Å². The number of esters is 4. The van der Waals surface area contributed by atoms with E-state index in [2.05, 4.69) is 49.0 Å². The zero-order chi connectivity index (χ0) is 80.9. The fourth-order valence-corrected chi connectivity index (χ4v) is 13.1. The van der Waals surface area contributed by atoms with Crippen LogP contribution in [0.5, 0.6) is 0 Å². The zero-order valence-corrected chi connectivity index (χ0v) is 70.8. The maximum absolute atomic E-state index is 12.8. The third-order valence-electron chi connectivity index (χ3n) is 20.2. The lowest BCUT2D eigenvalue weighted by molar-refractivity contribution is -0.154. The summed E-state index contributed by atoms with van der Waals surface area (Å²) in [7, 11) is 0. The van der Waals surface area contributed by atoms with Gasteiger partial charge in [0.05, 0.1) is 31.3 Å². The monoisotopic (exact) mass is 1540 g/mol. The van der Waals surface area contributed by atoms with E-state index in [1.54, 1.807) is 0 Å². The number of hydrogen-bond acceptors (Lipinski definition) is 16. The number of hydrogen-bond donors (Lipinski definition) is 4. The summed E-state index contributed by atoms with van der Waals surface area (Å²) in [5.74, 6) is -3.74. The topological polar surface area (TPSA) is 290 Å². The predicted octanol–water partition coefficient (Wildman–Crippen LogP) is 20.3. The molecule has 0 saturated heterocycles. The van der Waals surface area contributed by atoms with Crippen molar-refractivity contribution in [2.75, 3.05) is 26.4 Å². The van der Waals surface area contributed by atoms with Gasteiger partial charge in [-0.05, 0) is 79.1 Å². The Bertz CT molecular complexity index is 2260. The van der Waals surface area contributed by atoms with Crippen molar-refractivity contribution in [2.24, 2.45) is 0 Å². The smallest absolute Gasteiger partial charge is 0.328 e. The molecular weight excluding hydrogens is 1380 g/mol. The van der Waals surface area contributed by atoms with E-state index in [0.29, 0.717) is 32.1 Å². The molecule has 0 bridgehead atoms. The first kappa shape index (κ1) is 105. The average Bonchev–Trinajstić information content (AvgIpc) is 0.948. The molecule has 4 unspecified atom stereocenters. The summed E-state index contributed by atoms with van der Waals surface area (Å²) >= 11 is 0. The Morgan fingerprint density at radius 1 is 0.211 bits per heavy atom. The van der Waals surface area contributed by atoms with Crippen molar-refractivity contribution in [1.29, 1.82) is 0 Å². The van der Waals surface area contributed by atoms with Crippen molar-refractivity contribution < 1.29 is 76.5 Å². The summed E-state index contributed by atoms with van der Waals surface area (Å²) in [5, 5.41) is 11.0. The number of ketones is 4. The highest BCUT2D eigenvalue weighted by molar-refractivity contribution is 5.90. The van der Waals surface area contributed by atoms with Crippen LogP contribution in [0.15, 0.2) is 0 Å². The Hall–Kier alpha value is -5.56. The van der Waals surface area contributed by atoms with Crippen molar-refractivity contribution in [3.05, 3.63) is 0 Å². The van der Waals surface area contributed by atoms with Gasteiger partial charge in [-0.1, -0.05) is 310 Å². The lowest BCUT2D eigenvalue weighted by atomic mass is 10.0. The molecule has 0 spiro atoms. The first-order valence-electron chi connectivity index (χ1n) is 44.5. The zero-order valence-electron chi connectivity index (χ0n) is 70.8. The van der Waals surface area contributed by atoms with Crippen LogP contribution in [0.2, 0.25) is 0 Å². The van der Waals surface area contributed by atoms with Crippen LogP contribution < -0.4 is 21.3 Å². The fourth-order valence-electron chi connectivity index (χ4n) is 13.1. The van der Waals surface area contributed by atoms with Gasteiger partial charge in [-0.3, -0.25) is 47.9 Å². The number of ether oxygens (including phenoxy) is 4. The van der Waals surface area contributed by atoms with E-state index in [4.69, 9.17) is 18.9 Å². The van der Waals surface area contributed by atoms with Gasteiger partial charge in [0.1, 0.15) is 25.0 Å². The third-order valence-corrected chi connectivity index (χ3v) is 20.2. The predicted molar refractivity (Wildman–Crippen MR) is 439 cm³/mol. The van der Waals surface area contributed by atoms with Crippen molar-refractivity contribution in [3.63, 3.8) is 0 Å². The van der Waals surface area contributed by atoms with E-state index in [9.17, 15) is 57.5 Å². The molecule has 0 aliphatic heterocycles. The van der Waals surface area contributed by atoms with Gasteiger partial charge in [0, 0.05) is 57.8 Å². The molecule has 0 rings (SSSR count). The summed E-state index contributed by atoms with van der Waals surface area (Å²) < 4.78 is 20.9. The summed E-state index contributed by atoms with van der Waals surface area (Å²) in [6, 6.07) is -3.17. The number of carbonyl (C=O) groups excluding carboxylic acids is 12. The van der Waals surface area contributed by atoms with Gasteiger partial charge in [-0.25, -0.2) is 4.79 Å². The molecular formula is C89H162N4O16. The Morgan fingerprint density at radius 2 is 0.404 bits per heavy atom. The summed E-state index contributed by atoms with van der Waals surface area (Å²) in [6.07, 6.45) is 60.5. The number of carbonyl (C=O) groups is 12. The Kier molecular flexibility index (Phi) is 76.6. The highest BCUT2D eigenvalue weighted by Crippen LogP contribution is 2.19. The molecule has 0 heterocycles. The van der Waals surface area contributed by atoms with Crippen LogP contribution >= 0.6 is 0 Å². The molecule has 634 valence electrons. The fraction of sp³-hybridized carbons (Fsp3) is 0.865. The van der Waals surface area contributed by atoms with Crippen LogP contribution in [0.1, 0.15) is 447 Å². The first-order valence-corrected chi connectivity index (χ1v) is 44.5. The highest BCUT2D eigenvalue weighted by Gasteiger charge is 2.25. The second-order valence-electron chi connectivity index (χ2n) is 30.9. The SMILES string of the molecule is CCCCCCCCCCCC(=O)NC(CCC(=O)OCCCOC(=O)CCC(NC(=O)CCCCCCCCCCC)C(C)=O)C(C)=O.CCCCCCCCCCCCCCCCCC(=O)NC(CCC(=O)OCCOC(=O)C(CCC(C)=O)NC(=O)CCCCCCCCCCCCCCCCC)C(C)=O. The Morgan fingerprint density at radius 3 is 0.624 bits per heavy atom.